The number of nitrogen functional groups attached to an aromatic ring is 2. The molecule has 6 aliphatic rings. The summed E-state index contributed by atoms with van der Waals surface area (Å²) in [4.78, 5) is 128. The minimum absolute atomic E-state index is 0.0374. The summed E-state index contributed by atoms with van der Waals surface area (Å²) >= 11 is 0. The van der Waals surface area contributed by atoms with Crippen molar-refractivity contribution in [2.24, 2.45) is 40.7 Å². The molecule has 10 heterocycles. The molecule has 5 aromatic heterocycles. The molecule has 720 valence electrons. The number of allylic oxidation sites excluding steroid dienone is 5. The summed E-state index contributed by atoms with van der Waals surface area (Å²) in [6.45, 7) is 18.7. The number of piperidine rings is 1. The van der Waals surface area contributed by atoms with Gasteiger partial charge in [-0.25, -0.2) is 39.4 Å². The maximum absolute atomic E-state index is 14.8. The first kappa shape index (κ1) is 101. The molecular formula is C94H134N18O20. The number of fused-ring (bicyclic) bond motifs is 6. The third-order valence-corrected chi connectivity index (χ3v) is 26.2. The SMILES string of the molecule is CO[C@H]1C[C@@H]2CC[C@@H](C)[C@@](O)(O2)C(=O)C(=O)N2CCCC[C@H]2C(=O)O[C@H]([C@H](C)C[C@@H]2CC[C@@H](O)[C@H](OC)C2)C[C@@H](O)[C@H](C)/C=C(\C)[C@@H](O)[C@@H](OC)C(=NOCC(=O)N2CCc3nc(N4CCN(c5ncc(C(=O)NCCOCCOCCOCCC(=O)NCCCCn6nc(-c7ccc8oc(N)nc8c7)c7c(N)ncnc76)cn5)CC4)ncc3C2)[C@H](C)C[C@H](C)/C=C/C=C/C=C/1C. The summed E-state index contributed by atoms with van der Waals surface area (Å²) in [5, 5.41) is 63.5. The fourth-order valence-corrected chi connectivity index (χ4v) is 18.3. The molecule has 132 heavy (non-hydrogen) atoms. The Morgan fingerprint density at radius 2 is 1.48 bits per heavy atom. The molecule has 0 spiro atoms. The number of ether oxygens (including phenoxy) is 8. The van der Waals surface area contributed by atoms with Crippen LogP contribution in [-0.2, 0) is 86.2 Å². The summed E-state index contributed by atoms with van der Waals surface area (Å²) in [5.41, 5.74) is 18.8. The monoisotopic (exact) mass is 1840 g/mol. The fraction of sp³-hybridized carbons (Fsp3) is 0.628. The predicted molar refractivity (Wildman–Crippen MR) is 491 cm³/mol. The van der Waals surface area contributed by atoms with E-state index in [-0.39, 0.29) is 112 Å². The molecule has 1 aliphatic carbocycles. The van der Waals surface area contributed by atoms with Crippen LogP contribution >= 0.6 is 0 Å². The molecule has 1 saturated carbocycles. The molecular weight excluding hydrogens is 1700 g/mol. The molecule has 3 saturated heterocycles. The fourth-order valence-electron chi connectivity index (χ4n) is 18.3. The number of carbonyl (C=O) groups excluding carboxylic acids is 6. The lowest BCUT2D eigenvalue weighted by Crippen LogP contribution is -2.61. The number of esters is 1. The molecule has 38 nitrogen and oxygen atoms in total. The Balaban J connectivity index is 0.582. The molecule has 4 fully saturated rings. The molecule has 1 aromatic carbocycles. The van der Waals surface area contributed by atoms with Crippen LogP contribution in [0.4, 0.5) is 23.7 Å². The maximum Gasteiger partial charge on any atom is 0.329 e. The highest BCUT2D eigenvalue weighted by atomic mass is 16.6. The minimum Gasteiger partial charge on any atom is -0.460 e. The zero-order valence-corrected chi connectivity index (χ0v) is 77.7. The first-order valence-electron chi connectivity index (χ1n) is 46.5. The number of amides is 4. The maximum atomic E-state index is 14.8. The smallest absolute Gasteiger partial charge is 0.329 e. The normalized spacial score (nSPS) is 27.9. The zero-order valence-electron chi connectivity index (χ0n) is 77.7. The lowest BCUT2D eigenvalue weighted by molar-refractivity contribution is -0.265. The van der Waals surface area contributed by atoms with Gasteiger partial charge in [0.2, 0.25) is 23.6 Å². The molecule has 5 aliphatic heterocycles. The number of cyclic esters (lactones) is 1. The van der Waals surface area contributed by atoms with Crippen LogP contribution in [0.2, 0.25) is 0 Å². The number of piperazine rings is 1. The van der Waals surface area contributed by atoms with E-state index < -0.39 is 90.7 Å². The van der Waals surface area contributed by atoms with E-state index in [1.54, 1.807) is 62.9 Å². The number of carbonyl (C=O) groups is 6. The van der Waals surface area contributed by atoms with Gasteiger partial charge in [0.25, 0.3) is 29.5 Å². The Morgan fingerprint density at radius 1 is 0.742 bits per heavy atom. The number of nitrogens with zero attached hydrogens (tertiary/aromatic N) is 14. The predicted octanol–water partition coefficient (Wildman–Crippen LogP) is 7.15. The van der Waals surface area contributed by atoms with Crippen LogP contribution in [0.5, 0.6) is 0 Å². The van der Waals surface area contributed by atoms with Gasteiger partial charge in [-0.1, -0.05) is 76.2 Å². The number of hydrogen-bond acceptors (Lipinski definition) is 33. The van der Waals surface area contributed by atoms with Crippen LogP contribution in [0.15, 0.2) is 100 Å². The zero-order chi connectivity index (χ0) is 94.1. The van der Waals surface area contributed by atoms with Crippen molar-refractivity contribution >= 4 is 87.0 Å². The number of nitrogens with one attached hydrogen (secondary N) is 2. The number of anilines is 4. The second-order valence-corrected chi connectivity index (χ2v) is 35.8. The lowest BCUT2D eigenvalue weighted by Gasteiger charge is -2.43. The van der Waals surface area contributed by atoms with E-state index in [1.165, 1.54) is 30.7 Å². The highest BCUT2D eigenvalue weighted by molar-refractivity contribution is 6.39. The summed E-state index contributed by atoms with van der Waals surface area (Å²) in [6, 6.07) is 4.38. The van der Waals surface area contributed by atoms with Crippen LogP contribution in [0, 0.1) is 35.5 Å². The average molecular weight is 1840 g/mol. The first-order valence-corrected chi connectivity index (χ1v) is 46.5. The van der Waals surface area contributed by atoms with Crippen LogP contribution < -0.4 is 31.9 Å². The van der Waals surface area contributed by atoms with Crippen LogP contribution in [0.25, 0.3) is 33.4 Å². The van der Waals surface area contributed by atoms with Crippen molar-refractivity contribution in [3.05, 3.63) is 108 Å². The summed E-state index contributed by atoms with van der Waals surface area (Å²) in [6.07, 6.45) is 18.4. The van der Waals surface area contributed by atoms with Gasteiger partial charge in [-0.15, -0.1) is 0 Å². The molecule has 4 amide bonds. The number of hydrogen-bond donors (Lipinski definition) is 8. The van der Waals surface area contributed by atoms with Gasteiger partial charge in [0.1, 0.15) is 47.7 Å². The number of oxime groups is 1. The van der Waals surface area contributed by atoms with Crippen molar-refractivity contribution in [1.82, 2.24) is 65.1 Å². The number of benzene rings is 1. The summed E-state index contributed by atoms with van der Waals surface area (Å²) in [7, 11) is 4.62. The number of oxazole rings is 1. The lowest BCUT2D eigenvalue weighted by atomic mass is 9.78. The highest BCUT2D eigenvalue weighted by Crippen LogP contribution is 2.40. The van der Waals surface area contributed by atoms with E-state index in [2.05, 4.69) is 52.5 Å². The number of rotatable bonds is 30. The van der Waals surface area contributed by atoms with E-state index >= 15 is 0 Å². The van der Waals surface area contributed by atoms with Gasteiger partial charge in [-0.05, 0) is 138 Å². The third kappa shape index (κ3) is 26.6. The van der Waals surface area contributed by atoms with Gasteiger partial charge in [0, 0.05) is 160 Å². The molecule has 2 bridgehead atoms. The average Bonchev–Trinajstić information content (AvgIpc) is 1.67. The van der Waals surface area contributed by atoms with Gasteiger partial charge in [0.15, 0.2) is 17.8 Å². The van der Waals surface area contributed by atoms with Crippen molar-refractivity contribution < 1.29 is 96.3 Å². The molecule has 38 heteroatoms. The number of aliphatic hydroxyl groups is 4. The largest absolute Gasteiger partial charge is 0.460 e. The Kier molecular flexibility index (Phi) is 37.0. The van der Waals surface area contributed by atoms with Crippen LogP contribution in [0.3, 0.4) is 0 Å². The van der Waals surface area contributed by atoms with Crippen molar-refractivity contribution in [2.75, 3.05) is 141 Å². The number of Topliss-reactive ketones (excluding diaryl/α,β-unsaturated/α-hetero) is 1. The molecule has 12 rings (SSSR count). The Morgan fingerprint density at radius 3 is 2.23 bits per heavy atom. The molecule has 0 unspecified atom stereocenters. The number of aryl methyl sites for hydroxylation is 1. The Labute approximate surface area is 770 Å². The molecule has 10 N–H and O–H groups in total. The van der Waals surface area contributed by atoms with Crippen molar-refractivity contribution in [3.63, 3.8) is 0 Å². The van der Waals surface area contributed by atoms with E-state index in [1.807, 2.05) is 68.2 Å². The second-order valence-electron chi connectivity index (χ2n) is 35.8. The number of aliphatic hydroxyl groups excluding tert-OH is 3. The van der Waals surface area contributed by atoms with Crippen LogP contribution in [-0.4, -0.2) is 297 Å². The molecule has 16 atom stereocenters. The topological polar surface area (TPSA) is 489 Å². The third-order valence-electron chi connectivity index (χ3n) is 26.2. The van der Waals surface area contributed by atoms with Crippen LogP contribution in [0.1, 0.15) is 166 Å². The van der Waals surface area contributed by atoms with Gasteiger partial charge >= 0.3 is 5.97 Å². The van der Waals surface area contributed by atoms with Crippen molar-refractivity contribution in [3.8, 4) is 11.3 Å². The summed E-state index contributed by atoms with van der Waals surface area (Å²) in [5.74, 6) is -6.85. The quantitative estimate of drug-likeness (QED) is 0.00729. The van der Waals surface area contributed by atoms with Gasteiger partial charge in [-0.3, -0.25) is 24.0 Å². The first-order chi connectivity index (χ1) is 63.6. The number of unbranched alkanes of at least 4 members (excludes halogenated alkanes) is 1. The minimum atomic E-state index is -2.47. The Hall–Kier alpha value is -10.4. The van der Waals surface area contributed by atoms with E-state index in [0.29, 0.717) is 205 Å². The van der Waals surface area contributed by atoms with Gasteiger partial charge in [0.05, 0.1) is 92.5 Å². The number of ketones is 1. The summed E-state index contributed by atoms with van der Waals surface area (Å²) < 4.78 is 54.6. The van der Waals surface area contributed by atoms with Gasteiger partial charge < -0.3 is 109 Å². The van der Waals surface area contributed by atoms with Gasteiger partial charge in [-0.2, -0.15) is 10.1 Å². The number of aromatic nitrogens is 9. The van der Waals surface area contributed by atoms with E-state index in [4.69, 9.17) is 73.7 Å². The second kappa shape index (κ2) is 48.5. The standard InChI is InChI=1S/C94H134N18O20/c1-57-18-12-11-13-19-58(2)75(123-8)49-68-24-21-63(7)94(122,132-68)85(118)89(120)111-31-16-14-20-71(111)90(121)130-76(60(4)46-64-22-25-72(113)77(47-64)124-9)50-73(114)59(3)45-62(6)83(117)84(125-10)81(61(5)44-57)107-129-55-79(116)110-33-27-69-67(54-110)53-101-93(105-69)109-36-34-108(35-37-109)92-99-51-66(52-100-92)88(119)98-30-39-127-41-43-128-42-40-126-38-28-78(115)97-29-15-17-32-112-87-80(86(95)102-56-103-87)82(106-112)65-23-26-74-70(48-65)104-91(96)131-74/h11-13,18-19,23,26,45,48,51-53,56-57,59-61,63-64,68,71-73,75-77,83-84,113-114,117,122H,14-17,20-22,24-25,27-44,46-47,49-50,54-55H2,1-10H3,(H2,96,104)(H,97,115)(H,98,119)(H2,95,102,103)/b13-11+,18-12+,58-19+,62-45+,107-81?/t57-,59-,60-,61-,63-,64+,68+,71+,72-,73-,75+,76+,77-,83-,84+,94-/m1/s1. The van der Waals surface area contributed by atoms with E-state index in [0.717, 1.165) is 28.8 Å². The van der Waals surface area contributed by atoms with Crippen molar-refractivity contribution in [1.29, 1.82) is 0 Å². The Bertz CT molecular complexity index is 5000. The highest BCUT2D eigenvalue weighted by Gasteiger charge is 2.53. The molecule has 0 radical (unpaired) electrons. The van der Waals surface area contributed by atoms with E-state index in [9.17, 15) is 49.2 Å². The number of nitrogens with two attached hydrogens (primary N) is 2. The molecule has 6 aromatic rings. The van der Waals surface area contributed by atoms with Crippen molar-refractivity contribution in [2.45, 2.75) is 225 Å². The number of methoxy groups -OCH3 is 3.